The van der Waals surface area contributed by atoms with Gasteiger partial charge in [0.15, 0.2) is 0 Å². The van der Waals surface area contributed by atoms with Crippen LogP contribution in [0.3, 0.4) is 0 Å². The van der Waals surface area contributed by atoms with Crippen molar-refractivity contribution in [2.75, 3.05) is 0 Å². The molecule has 20 heavy (non-hydrogen) atoms. The van der Waals surface area contributed by atoms with Crippen LogP contribution in [0.5, 0.6) is 0 Å². The smallest absolute Gasteiger partial charge is 0.251 e. The zero-order valence-corrected chi connectivity index (χ0v) is 13.0. The summed E-state index contributed by atoms with van der Waals surface area (Å²) in [5, 5.41) is 3.80. The summed E-state index contributed by atoms with van der Waals surface area (Å²) in [4.78, 5) is 12.1. The highest BCUT2D eigenvalue weighted by atomic mass is 79.9. The number of hydrogen-bond donors (Lipinski definition) is 1. The first-order valence-corrected chi connectivity index (χ1v) is 7.79. The molecule has 0 spiro atoms. The van der Waals surface area contributed by atoms with Crippen LogP contribution in [0.4, 0.5) is 0 Å². The third-order valence-electron chi connectivity index (χ3n) is 3.15. The normalized spacial score (nSPS) is 12.1. The summed E-state index contributed by atoms with van der Waals surface area (Å²) >= 11 is 3.39. The van der Waals surface area contributed by atoms with Gasteiger partial charge in [0, 0.05) is 23.4 Å². The minimum atomic E-state index is -0.0296. The van der Waals surface area contributed by atoms with Gasteiger partial charge in [0.2, 0.25) is 0 Å². The first kappa shape index (κ1) is 14.9. The highest BCUT2D eigenvalue weighted by Gasteiger charge is 2.10. The average Bonchev–Trinajstić information content (AvgIpc) is 2.98. The minimum absolute atomic E-state index is 0.0296. The second-order valence-corrected chi connectivity index (χ2v) is 5.38. The highest BCUT2D eigenvalue weighted by Crippen LogP contribution is 2.09. The fourth-order valence-electron chi connectivity index (χ4n) is 1.94. The van der Waals surface area contributed by atoms with E-state index in [-0.39, 0.29) is 11.9 Å². The van der Waals surface area contributed by atoms with Crippen molar-refractivity contribution >= 4 is 21.8 Å². The van der Waals surface area contributed by atoms with Gasteiger partial charge >= 0.3 is 0 Å². The molecule has 1 aromatic carbocycles. The molecule has 106 valence electrons. The number of furan rings is 1. The molecule has 0 radical (unpaired) electrons. The molecule has 3 nitrogen and oxygen atoms in total. The molecule has 0 bridgehead atoms. The molecule has 0 aliphatic rings. The van der Waals surface area contributed by atoms with Crippen molar-refractivity contribution in [3.8, 4) is 0 Å². The lowest BCUT2D eigenvalue weighted by molar-refractivity contribution is 0.0938. The van der Waals surface area contributed by atoms with Gasteiger partial charge in [-0.3, -0.25) is 4.79 Å². The summed E-state index contributed by atoms with van der Waals surface area (Å²) in [7, 11) is 0. The molecule has 0 saturated carbocycles. The third kappa shape index (κ3) is 4.23. The Morgan fingerprint density at radius 2 is 2.05 bits per heavy atom. The van der Waals surface area contributed by atoms with E-state index >= 15 is 0 Å². The number of nitrogens with one attached hydrogen (secondary N) is 1. The quantitative estimate of drug-likeness (QED) is 0.813. The lowest BCUT2D eigenvalue weighted by Crippen LogP contribution is -2.32. The van der Waals surface area contributed by atoms with E-state index in [1.54, 1.807) is 6.26 Å². The summed E-state index contributed by atoms with van der Waals surface area (Å²) in [6.45, 7) is 2.01. The molecule has 0 aliphatic heterocycles. The molecule has 1 unspecified atom stereocenters. The number of alkyl halides is 1. The van der Waals surface area contributed by atoms with E-state index in [4.69, 9.17) is 4.42 Å². The van der Waals surface area contributed by atoms with E-state index in [1.165, 1.54) is 0 Å². The first-order chi connectivity index (χ1) is 9.69. The molecule has 1 amide bonds. The van der Waals surface area contributed by atoms with Crippen LogP contribution < -0.4 is 5.32 Å². The van der Waals surface area contributed by atoms with Gasteiger partial charge in [0.05, 0.1) is 6.26 Å². The number of hydrogen-bond acceptors (Lipinski definition) is 2. The Bertz CT molecular complexity index is 534. The third-order valence-corrected chi connectivity index (χ3v) is 3.80. The van der Waals surface area contributed by atoms with Crippen molar-refractivity contribution in [2.24, 2.45) is 0 Å². The van der Waals surface area contributed by atoms with Crippen molar-refractivity contribution in [3.63, 3.8) is 0 Å². The Kier molecular flexibility index (Phi) is 5.41. The fourth-order valence-corrected chi connectivity index (χ4v) is 2.31. The number of benzene rings is 1. The Morgan fingerprint density at radius 1 is 1.30 bits per heavy atom. The molecule has 2 rings (SSSR count). The average molecular weight is 336 g/mol. The van der Waals surface area contributed by atoms with Crippen LogP contribution in [-0.2, 0) is 11.8 Å². The molecule has 1 aromatic heterocycles. The molecule has 1 heterocycles. The molecule has 0 saturated heterocycles. The van der Waals surface area contributed by atoms with Crippen molar-refractivity contribution in [3.05, 3.63) is 59.5 Å². The highest BCUT2D eigenvalue weighted by molar-refractivity contribution is 9.08. The molecule has 2 aromatic rings. The van der Waals surface area contributed by atoms with Crippen molar-refractivity contribution in [1.29, 1.82) is 0 Å². The van der Waals surface area contributed by atoms with Crippen molar-refractivity contribution in [1.82, 2.24) is 5.32 Å². The Labute approximate surface area is 127 Å². The molecule has 0 fully saturated rings. The van der Waals surface area contributed by atoms with E-state index in [2.05, 4.69) is 21.2 Å². The van der Waals surface area contributed by atoms with Crippen LogP contribution in [0.25, 0.3) is 0 Å². The van der Waals surface area contributed by atoms with Crippen LogP contribution >= 0.6 is 15.9 Å². The Hall–Kier alpha value is -1.55. The molecule has 4 heteroatoms. The Balaban J connectivity index is 1.83. The van der Waals surface area contributed by atoms with Gasteiger partial charge in [-0.05, 0) is 43.2 Å². The van der Waals surface area contributed by atoms with E-state index in [1.807, 2.05) is 43.3 Å². The number of amides is 1. The standard InChI is InChI=1S/C16H18BrNO2/c1-12(4-9-15-3-2-10-20-15)18-16(19)14-7-5-13(11-17)6-8-14/h2-3,5-8,10,12H,4,9,11H2,1H3,(H,18,19). The van der Waals surface area contributed by atoms with Crippen LogP contribution in [0.2, 0.25) is 0 Å². The predicted octanol–water partition coefficient (Wildman–Crippen LogP) is 3.93. The van der Waals surface area contributed by atoms with Gasteiger partial charge in [-0.2, -0.15) is 0 Å². The van der Waals surface area contributed by atoms with E-state index in [9.17, 15) is 4.79 Å². The van der Waals surface area contributed by atoms with Crippen LogP contribution in [0.15, 0.2) is 47.1 Å². The summed E-state index contributed by atoms with van der Waals surface area (Å²) < 4.78 is 5.28. The van der Waals surface area contributed by atoms with Crippen LogP contribution in [0.1, 0.15) is 35.0 Å². The maximum atomic E-state index is 12.1. The minimum Gasteiger partial charge on any atom is -0.469 e. The molecular formula is C16H18BrNO2. The summed E-state index contributed by atoms with van der Waals surface area (Å²) in [6.07, 6.45) is 3.36. The summed E-state index contributed by atoms with van der Waals surface area (Å²) in [5.41, 5.74) is 1.85. The fraction of sp³-hybridized carbons (Fsp3) is 0.312. The van der Waals surface area contributed by atoms with Gasteiger partial charge in [-0.25, -0.2) is 0 Å². The van der Waals surface area contributed by atoms with E-state index in [0.29, 0.717) is 5.56 Å². The molecular weight excluding hydrogens is 318 g/mol. The lowest BCUT2D eigenvalue weighted by atomic mass is 10.1. The second kappa shape index (κ2) is 7.29. The summed E-state index contributed by atoms with van der Waals surface area (Å²) in [6, 6.07) is 11.6. The number of carbonyl (C=O) groups excluding carboxylic acids is 1. The maximum absolute atomic E-state index is 12.1. The van der Waals surface area contributed by atoms with Gasteiger partial charge in [-0.1, -0.05) is 28.1 Å². The second-order valence-electron chi connectivity index (χ2n) is 4.82. The van der Waals surface area contributed by atoms with Gasteiger partial charge < -0.3 is 9.73 Å². The summed E-state index contributed by atoms with van der Waals surface area (Å²) in [5.74, 6) is 0.922. The lowest BCUT2D eigenvalue weighted by Gasteiger charge is -2.13. The first-order valence-electron chi connectivity index (χ1n) is 6.67. The molecule has 0 aliphatic carbocycles. The SMILES string of the molecule is CC(CCc1ccco1)NC(=O)c1ccc(CBr)cc1. The van der Waals surface area contributed by atoms with Crippen LogP contribution in [0, 0.1) is 0 Å². The van der Waals surface area contributed by atoms with E-state index < -0.39 is 0 Å². The van der Waals surface area contributed by atoms with E-state index in [0.717, 1.165) is 29.5 Å². The van der Waals surface area contributed by atoms with Crippen molar-refractivity contribution < 1.29 is 9.21 Å². The number of halogens is 1. The topological polar surface area (TPSA) is 42.2 Å². The number of aryl methyl sites for hydroxylation is 1. The van der Waals surface area contributed by atoms with Gasteiger partial charge in [0.1, 0.15) is 5.76 Å². The zero-order chi connectivity index (χ0) is 14.4. The molecule has 1 atom stereocenters. The van der Waals surface area contributed by atoms with Gasteiger partial charge in [-0.15, -0.1) is 0 Å². The number of rotatable bonds is 6. The maximum Gasteiger partial charge on any atom is 0.251 e. The monoisotopic (exact) mass is 335 g/mol. The largest absolute Gasteiger partial charge is 0.469 e. The Morgan fingerprint density at radius 3 is 2.65 bits per heavy atom. The zero-order valence-electron chi connectivity index (χ0n) is 11.4. The van der Waals surface area contributed by atoms with Crippen molar-refractivity contribution in [2.45, 2.75) is 31.1 Å². The van der Waals surface area contributed by atoms with Crippen LogP contribution in [-0.4, -0.2) is 11.9 Å². The predicted molar refractivity (Wildman–Crippen MR) is 83.0 cm³/mol. The number of carbonyl (C=O) groups is 1. The molecule has 1 N–H and O–H groups in total. The van der Waals surface area contributed by atoms with Gasteiger partial charge in [0.25, 0.3) is 5.91 Å².